The van der Waals surface area contributed by atoms with Gasteiger partial charge < -0.3 is 14.6 Å². The van der Waals surface area contributed by atoms with Gasteiger partial charge in [0.2, 0.25) is 0 Å². The zero-order chi connectivity index (χ0) is 18.6. The minimum atomic E-state index is -2.13. The van der Waals surface area contributed by atoms with Crippen LogP contribution in [0.5, 0.6) is 0 Å². The summed E-state index contributed by atoms with van der Waals surface area (Å²) in [6, 6.07) is 15.0. The molecule has 1 aromatic carbocycles. The Labute approximate surface area is 158 Å². The van der Waals surface area contributed by atoms with Crippen molar-refractivity contribution in [1.82, 2.24) is 14.6 Å². The van der Waals surface area contributed by atoms with Gasteiger partial charge in [-0.2, -0.15) is 0 Å². The molecule has 0 unspecified atom stereocenters. The van der Waals surface area contributed by atoms with Gasteiger partial charge in [0.25, 0.3) is 0 Å². The van der Waals surface area contributed by atoms with E-state index in [4.69, 9.17) is 0 Å². The molecular formula is C20H41N3Si2. The minimum Gasteiger partial charge on any atom is -0.331 e. The molecular weight excluding hydrogens is 338 g/mol. The van der Waals surface area contributed by atoms with Gasteiger partial charge in [0.05, 0.1) is 0 Å². The summed E-state index contributed by atoms with van der Waals surface area (Å²) in [5.74, 6) is 0. The summed E-state index contributed by atoms with van der Waals surface area (Å²) >= 11 is 0. The van der Waals surface area contributed by atoms with Crippen LogP contribution in [0.1, 0.15) is 60.3 Å². The largest absolute Gasteiger partial charge is 0.331 e. The number of hydrogen-bond donors (Lipinski definition) is 3. The molecule has 0 aliphatic carbocycles. The molecule has 0 heterocycles. The molecule has 0 spiro atoms. The van der Waals surface area contributed by atoms with Gasteiger partial charge in [-0.25, -0.2) is 0 Å². The van der Waals surface area contributed by atoms with Crippen molar-refractivity contribution >= 4 is 22.0 Å². The van der Waals surface area contributed by atoms with Crippen LogP contribution in [0.25, 0.3) is 0 Å². The second-order valence-corrected chi connectivity index (χ2v) is 15.6. The molecule has 1 rings (SSSR count). The van der Waals surface area contributed by atoms with Crippen LogP contribution in [0.2, 0.25) is 18.1 Å². The molecule has 3 N–H and O–H groups in total. The van der Waals surface area contributed by atoms with Gasteiger partial charge in [-0.05, 0) is 49.3 Å². The molecule has 3 nitrogen and oxygen atoms in total. The van der Waals surface area contributed by atoms with Crippen molar-refractivity contribution in [3.63, 3.8) is 0 Å². The molecule has 0 aliphatic rings. The quantitative estimate of drug-likeness (QED) is 0.335. The van der Waals surface area contributed by atoms with Crippen molar-refractivity contribution in [2.24, 2.45) is 0 Å². The monoisotopic (exact) mass is 379 g/mol. The summed E-state index contributed by atoms with van der Waals surface area (Å²) in [5, 5.41) is 1.45. The molecule has 0 saturated heterocycles. The van der Waals surface area contributed by atoms with Crippen LogP contribution in [0.15, 0.2) is 30.3 Å². The third-order valence-electron chi connectivity index (χ3n) is 5.53. The summed E-state index contributed by atoms with van der Waals surface area (Å²) < 4.78 is 4.32. The summed E-state index contributed by atoms with van der Waals surface area (Å²) in [7, 11) is -3.60. The Balaban J connectivity index is 3.21. The van der Waals surface area contributed by atoms with E-state index in [1.54, 1.807) is 0 Å². The average Bonchev–Trinajstić information content (AvgIpc) is 2.67. The Bertz CT molecular complexity index is 431. The molecule has 0 aromatic heterocycles. The number of rotatable bonds is 14. The first-order chi connectivity index (χ1) is 12.1. The minimum absolute atomic E-state index is 1.09. The predicted octanol–water partition coefficient (Wildman–Crippen LogP) is 4.21. The molecule has 144 valence electrons. The second-order valence-electron chi connectivity index (χ2n) is 7.14. The summed E-state index contributed by atoms with van der Waals surface area (Å²) in [6.45, 7) is 13.9. The predicted molar refractivity (Wildman–Crippen MR) is 118 cm³/mol. The molecule has 0 amide bonds. The maximum Gasteiger partial charge on any atom is 0.308 e. The number of hydrogen-bond acceptors (Lipinski definition) is 3. The van der Waals surface area contributed by atoms with E-state index in [2.05, 4.69) is 79.6 Å². The topological polar surface area (TPSA) is 36.1 Å². The van der Waals surface area contributed by atoms with Crippen molar-refractivity contribution < 1.29 is 0 Å². The Kier molecular flexibility index (Phi) is 10.9. The van der Waals surface area contributed by atoms with Gasteiger partial charge in [0.1, 0.15) is 8.24 Å². The van der Waals surface area contributed by atoms with Gasteiger partial charge in [-0.1, -0.05) is 77.8 Å². The summed E-state index contributed by atoms with van der Waals surface area (Å²) in [6.07, 6.45) is 4.94. The van der Waals surface area contributed by atoms with Crippen molar-refractivity contribution in [1.29, 1.82) is 0 Å². The SMILES string of the molecule is CCCCN[Si](NCCCC)(N[Si](CC)(CC)CC)c1ccccc1. The molecule has 5 heteroatoms. The van der Waals surface area contributed by atoms with E-state index < -0.39 is 16.8 Å². The third-order valence-corrected chi connectivity index (χ3v) is 16.0. The smallest absolute Gasteiger partial charge is 0.308 e. The van der Waals surface area contributed by atoms with Crippen LogP contribution in [0.3, 0.4) is 0 Å². The summed E-state index contributed by atoms with van der Waals surface area (Å²) in [4.78, 5) is 8.04. The molecule has 0 bridgehead atoms. The molecule has 0 aliphatic heterocycles. The summed E-state index contributed by atoms with van der Waals surface area (Å²) in [5.41, 5.74) is 0. The van der Waals surface area contributed by atoms with Crippen LogP contribution in [0, 0.1) is 0 Å². The standard InChI is InChI=1S/C20H41N3Si2/c1-6-11-18-21-25(22-19-12-7-2,20-16-14-13-15-17-20)23-24(8-3,9-4)10-5/h13-17,21-23H,6-12,18-19H2,1-5H3. The van der Waals surface area contributed by atoms with Gasteiger partial charge in [-0.3, -0.25) is 0 Å². The van der Waals surface area contributed by atoms with Gasteiger partial charge >= 0.3 is 8.56 Å². The van der Waals surface area contributed by atoms with E-state index >= 15 is 0 Å². The molecule has 1 aromatic rings. The Morgan fingerprint density at radius 2 is 1.20 bits per heavy atom. The van der Waals surface area contributed by atoms with Crippen LogP contribution in [-0.2, 0) is 0 Å². The van der Waals surface area contributed by atoms with Gasteiger partial charge in [0, 0.05) is 0 Å². The maximum atomic E-state index is 4.32. The highest BCUT2D eigenvalue weighted by atomic mass is 28.4. The normalized spacial score (nSPS) is 12.5. The van der Waals surface area contributed by atoms with Crippen LogP contribution in [0.4, 0.5) is 0 Å². The molecule has 25 heavy (non-hydrogen) atoms. The zero-order valence-electron chi connectivity index (χ0n) is 17.3. The lowest BCUT2D eigenvalue weighted by molar-refractivity contribution is 0.701. The highest BCUT2D eigenvalue weighted by Crippen LogP contribution is 2.18. The van der Waals surface area contributed by atoms with Gasteiger partial charge in [0.15, 0.2) is 0 Å². The Morgan fingerprint density at radius 1 is 0.720 bits per heavy atom. The van der Waals surface area contributed by atoms with Crippen LogP contribution < -0.4 is 19.8 Å². The van der Waals surface area contributed by atoms with Gasteiger partial charge in [-0.15, -0.1) is 0 Å². The number of unbranched alkanes of at least 4 members (excludes halogenated alkanes) is 2. The first kappa shape index (κ1) is 22.6. The van der Waals surface area contributed by atoms with Crippen LogP contribution in [-0.4, -0.2) is 29.9 Å². The van der Waals surface area contributed by atoms with Crippen molar-refractivity contribution in [3.05, 3.63) is 30.3 Å². The Morgan fingerprint density at radius 3 is 1.60 bits per heavy atom. The van der Waals surface area contributed by atoms with E-state index in [9.17, 15) is 0 Å². The fourth-order valence-corrected chi connectivity index (χ4v) is 13.9. The fourth-order valence-electron chi connectivity index (χ4n) is 3.43. The zero-order valence-corrected chi connectivity index (χ0v) is 19.3. The highest BCUT2D eigenvalue weighted by molar-refractivity contribution is 6.97. The number of nitrogens with one attached hydrogen (secondary N) is 3. The first-order valence-electron chi connectivity index (χ1n) is 10.5. The third kappa shape index (κ3) is 6.64. The average molecular weight is 380 g/mol. The maximum absolute atomic E-state index is 4.32. The van der Waals surface area contributed by atoms with Crippen molar-refractivity contribution in [3.8, 4) is 0 Å². The fraction of sp³-hybridized carbons (Fsp3) is 0.700. The lowest BCUT2D eigenvalue weighted by atomic mass is 10.3. The van der Waals surface area contributed by atoms with E-state index in [0.29, 0.717) is 0 Å². The van der Waals surface area contributed by atoms with Crippen LogP contribution >= 0.6 is 0 Å². The van der Waals surface area contributed by atoms with Crippen molar-refractivity contribution in [2.75, 3.05) is 13.1 Å². The van der Waals surface area contributed by atoms with E-state index in [0.717, 1.165) is 13.1 Å². The van der Waals surface area contributed by atoms with Crippen molar-refractivity contribution in [2.45, 2.75) is 78.4 Å². The number of benzene rings is 1. The second kappa shape index (κ2) is 12.0. The molecule has 0 atom stereocenters. The van der Waals surface area contributed by atoms with E-state index in [1.807, 2.05) is 0 Å². The molecule has 0 saturated carbocycles. The van der Waals surface area contributed by atoms with E-state index in [-0.39, 0.29) is 0 Å². The van der Waals surface area contributed by atoms with E-state index in [1.165, 1.54) is 49.0 Å². The highest BCUT2D eigenvalue weighted by Gasteiger charge is 2.43. The molecule has 0 radical (unpaired) electrons. The first-order valence-corrected chi connectivity index (χ1v) is 15.1. The lowest BCUT2D eigenvalue weighted by Gasteiger charge is -2.43. The molecule has 0 fully saturated rings. The lowest BCUT2D eigenvalue weighted by Crippen LogP contribution is -2.84. The Hall–Kier alpha value is -0.466.